The molecule has 2 aromatic rings. The first-order valence-corrected chi connectivity index (χ1v) is 8.21. The number of nitrogens with two attached hydrogens (primary N) is 1. The number of carbonyl (C=O) groups excluding carboxylic acids is 2. The fourth-order valence-electron chi connectivity index (χ4n) is 3.17. The highest BCUT2D eigenvalue weighted by Gasteiger charge is 2.29. The van der Waals surface area contributed by atoms with Crippen molar-refractivity contribution >= 4 is 11.8 Å². The summed E-state index contributed by atoms with van der Waals surface area (Å²) in [5.41, 5.74) is 6.57. The zero-order chi connectivity index (χ0) is 16.9. The van der Waals surface area contributed by atoms with Crippen LogP contribution in [0.2, 0.25) is 0 Å². The summed E-state index contributed by atoms with van der Waals surface area (Å²) in [6, 6.07) is 5.04. The maximum atomic E-state index is 12.6. The van der Waals surface area contributed by atoms with Crippen molar-refractivity contribution in [2.75, 3.05) is 0 Å². The Kier molecular flexibility index (Phi) is 4.88. The molecule has 2 aromatic heterocycles. The van der Waals surface area contributed by atoms with Gasteiger partial charge in [-0.1, -0.05) is 19.3 Å². The van der Waals surface area contributed by atoms with Crippen LogP contribution in [-0.4, -0.2) is 32.6 Å². The molecule has 0 bridgehead atoms. The van der Waals surface area contributed by atoms with Crippen LogP contribution < -0.4 is 11.1 Å². The normalized spacial score (nSPS) is 21.0. The van der Waals surface area contributed by atoms with Crippen molar-refractivity contribution < 1.29 is 9.59 Å². The predicted octanol–water partition coefficient (Wildman–Crippen LogP) is 1.43. The van der Waals surface area contributed by atoms with Crippen LogP contribution in [0.4, 0.5) is 0 Å². The topological polar surface area (TPSA) is 103 Å². The molecule has 2 amide bonds. The van der Waals surface area contributed by atoms with Crippen LogP contribution >= 0.6 is 0 Å². The highest BCUT2D eigenvalue weighted by molar-refractivity contribution is 5.93. The third-order valence-corrected chi connectivity index (χ3v) is 4.44. The molecule has 2 atom stereocenters. The molecular weight excluding hydrogens is 306 g/mol. The molecule has 1 fully saturated rings. The summed E-state index contributed by atoms with van der Waals surface area (Å²) >= 11 is 0. The second-order valence-electron chi connectivity index (χ2n) is 6.08. The maximum absolute atomic E-state index is 12.6. The molecule has 0 spiro atoms. The second-order valence-corrected chi connectivity index (χ2v) is 6.08. The van der Waals surface area contributed by atoms with Crippen LogP contribution in [0.3, 0.4) is 0 Å². The maximum Gasteiger partial charge on any atom is 0.270 e. The Labute approximate surface area is 140 Å². The summed E-state index contributed by atoms with van der Waals surface area (Å²) in [6.45, 7) is 0. The van der Waals surface area contributed by atoms with Gasteiger partial charge in [0, 0.05) is 24.6 Å². The van der Waals surface area contributed by atoms with Gasteiger partial charge in [0.1, 0.15) is 5.69 Å². The van der Waals surface area contributed by atoms with E-state index in [-0.39, 0.29) is 23.8 Å². The number of primary amides is 1. The van der Waals surface area contributed by atoms with Gasteiger partial charge in [-0.05, 0) is 31.0 Å². The van der Waals surface area contributed by atoms with Crippen LogP contribution in [0.15, 0.2) is 36.8 Å². The Morgan fingerprint density at radius 1 is 1.21 bits per heavy atom. The predicted molar refractivity (Wildman–Crippen MR) is 88.4 cm³/mol. The van der Waals surface area contributed by atoms with Crippen LogP contribution in [0.25, 0.3) is 5.69 Å². The monoisotopic (exact) mass is 327 g/mol. The Bertz CT molecular complexity index is 714. The molecule has 0 aromatic carbocycles. The van der Waals surface area contributed by atoms with Gasteiger partial charge in [0.05, 0.1) is 11.6 Å². The van der Waals surface area contributed by atoms with E-state index in [4.69, 9.17) is 5.73 Å². The number of aromatic nitrogens is 3. The molecule has 7 heteroatoms. The minimum Gasteiger partial charge on any atom is -0.369 e. The molecule has 24 heavy (non-hydrogen) atoms. The molecule has 0 radical (unpaired) electrons. The highest BCUT2D eigenvalue weighted by atomic mass is 16.2. The van der Waals surface area contributed by atoms with E-state index in [1.807, 2.05) is 6.07 Å². The number of nitrogens with zero attached hydrogens (tertiary/aromatic N) is 3. The van der Waals surface area contributed by atoms with Crippen LogP contribution in [0.1, 0.15) is 42.6 Å². The minimum atomic E-state index is -0.347. The largest absolute Gasteiger partial charge is 0.369 e. The van der Waals surface area contributed by atoms with E-state index in [1.54, 1.807) is 35.4 Å². The van der Waals surface area contributed by atoms with Crippen molar-refractivity contribution in [3.8, 4) is 5.69 Å². The number of pyridine rings is 1. The lowest BCUT2D eigenvalue weighted by atomic mass is 9.94. The highest BCUT2D eigenvalue weighted by Crippen LogP contribution is 2.23. The fraction of sp³-hybridized carbons (Fsp3) is 0.412. The first kappa shape index (κ1) is 16.2. The van der Waals surface area contributed by atoms with E-state index in [0.717, 1.165) is 37.8 Å². The zero-order valence-corrected chi connectivity index (χ0v) is 13.4. The van der Waals surface area contributed by atoms with Gasteiger partial charge in [-0.3, -0.25) is 14.6 Å². The Balaban J connectivity index is 1.76. The molecule has 1 aliphatic carbocycles. The number of rotatable bonds is 4. The average Bonchev–Trinajstić information content (AvgIpc) is 3.02. The van der Waals surface area contributed by atoms with Crippen molar-refractivity contribution in [2.45, 2.75) is 38.1 Å². The number of nitrogens with one attached hydrogen (secondary N) is 1. The molecule has 3 N–H and O–H groups in total. The Morgan fingerprint density at radius 2 is 2.04 bits per heavy atom. The van der Waals surface area contributed by atoms with Gasteiger partial charge in [0.15, 0.2) is 0 Å². The summed E-state index contributed by atoms with van der Waals surface area (Å²) < 4.78 is 1.66. The van der Waals surface area contributed by atoms with Crippen LogP contribution in [0.5, 0.6) is 0 Å². The van der Waals surface area contributed by atoms with E-state index in [0.29, 0.717) is 5.69 Å². The first-order chi connectivity index (χ1) is 11.6. The number of amides is 2. The lowest BCUT2D eigenvalue weighted by molar-refractivity contribution is -0.122. The standard InChI is InChI=1S/C17H21N5O2/c18-16(23)13-5-2-1-3-6-14(13)21-17(24)15-11-12(7-9-19-15)22-10-4-8-20-22/h4,7-11,13-14H,1-3,5-6H2,(H2,18,23)(H,21,24). The van der Waals surface area contributed by atoms with Crippen molar-refractivity contribution in [1.29, 1.82) is 0 Å². The molecule has 0 saturated heterocycles. The minimum absolute atomic E-state index is 0.229. The molecule has 2 heterocycles. The zero-order valence-electron chi connectivity index (χ0n) is 13.4. The van der Waals surface area contributed by atoms with Crippen LogP contribution in [-0.2, 0) is 4.79 Å². The molecule has 1 aliphatic rings. The van der Waals surface area contributed by atoms with Crippen molar-refractivity contribution in [3.63, 3.8) is 0 Å². The fourth-order valence-corrected chi connectivity index (χ4v) is 3.17. The Hall–Kier alpha value is -2.70. The summed E-state index contributed by atoms with van der Waals surface area (Å²) in [6.07, 6.45) is 9.53. The molecule has 1 saturated carbocycles. The summed E-state index contributed by atoms with van der Waals surface area (Å²) in [5.74, 6) is -0.951. The van der Waals surface area contributed by atoms with Gasteiger partial charge >= 0.3 is 0 Å². The summed E-state index contributed by atoms with van der Waals surface area (Å²) in [5, 5.41) is 7.09. The second kappa shape index (κ2) is 7.25. The molecule has 2 unspecified atom stereocenters. The van der Waals surface area contributed by atoms with Gasteiger partial charge in [-0.2, -0.15) is 5.10 Å². The quantitative estimate of drug-likeness (QED) is 0.829. The molecule has 3 rings (SSSR count). The van der Waals surface area contributed by atoms with Gasteiger partial charge < -0.3 is 11.1 Å². The molecular formula is C17H21N5O2. The van der Waals surface area contributed by atoms with Crippen molar-refractivity contribution in [1.82, 2.24) is 20.1 Å². The lowest BCUT2D eigenvalue weighted by Crippen LogP contribution is -2.45. The first-order valence-electron chi connectivity index (χ1n) is 8.21. The summed E-state index contributed by atoms with van der Waals surface area (Å²) in [4.78, 5) is 28.4. The number of carbonyl (C=O) groups is 2. The van der Waals surface area contributed by atoms with Crippen LogP contribution in [0, 0.1) is 5.92 Å². The third-order valence-electron chi connectivity index (χ3n) is 4.44. The SMILES string of the molecule is NC(=O)C1CCCCCC1NC(=O)c1cc(-n2cccn2)ccn1. The smallest absolute Gasteiger partial charge is 0.270 e. The van der Waals surface area contributed by atoms with Crippen molar-refractivity contribution in [2.24, 2.45) is 11.7 Å². The Morgan fingerprint density at radius 3 is 2.79 bits per heavy atom. The van der Waals surface area contributed by atoms with E-state index >= 15 is 0 Å². The van der Waals surface area contributed by atoms with E-state index in [9.17, 15) is 9.59 Å². The van der Waals surface area contributed by atoms with E-state index in [1.165, 1.54) is 0 Å². The van der Waals surface area contributed by atoms with Gasteiger partial charge in [-0.15, -0.1) is 0 Å². The third kappa shape index (κ3) is 3.61. The molecule has 0 aliphatic heterocycles. The lowest BCUT2D eigenvalue weighted by Gasteiger charge is -2.23. The average molecular weight is 327 g/mol. The van der Waals surface area contributed by atoms with E-state index in [2.05, 4.69) is 15.4 Å². The van der Waals surface area contributed by atoms with Gasteiger partial charge in [-0.25, -0.2) is 4.68 Å². The van der Waals surface area contributed by atoms with E-state index < -0.39 is 0 Å². The molecule has 7 nitrogen and oxygen atoms in total. The number of hydrogen-bond acceptors (Lipinski definition) is 4. The number of hydrogen-bond donors (Lipinski definition) is 2. The summed E-state index contributed by atoms with van der Waals surface area (Å²) in [7, 11) is 0. The van der Waals surface area contributed by atoms with Gasteiger partial charge in [0.25, 0.3) is 5.91 Å². The van der Waals surface area contributed by atoms with Crippen molar-refractivity contribution in [3.05, 3.63) is 42.5 Å². The molecule has 126 valence electrons. The van der Waals surface area contributed by atoms with Gasteiger partial charge in [0.2, 0.25) is 5.91 Å².